The number of rotatable bonds is 7. The molecule has 0 fully saturated rings. The van der Waals surface area contributed by atoms with Crippen molar-refractivity contribution in [1.29, 1.82) is 0 Å². The van der Waals surface area contributed by atoms with Crippen molar-refractivity contribution < 1.29 is 4.39 Å². The molecule has 0 aliphatic carbocycles. The first-order valence-electron chi connectivity index (χ1n) is 8.48. The Morgan fingerprint density at radius 1 is 1.00 bits per heavy atom. The highest BCUT2D eigenvalue weighted by atomic mass is 127. The maximum Gasteiger partial charge on any atom is 0.191 e. The summed E-state index contributed by atoms with van der Waals surface area (Å²) in [5.41, 5.74) is 3.47. The molecule has 2 aromatic carbocycles. The Balaban J connectivity index is 0.00000338. The van der Waals surface area contributed by atoms with Gasteiger partial charge in [0.15, 0.2) is 5.96 Å². The third-order valence-electron chi connectivity index (χ3n) is 3.80. The van der Waals surface area contributed by atoms with E-state index in [1.54, 1.807) is 19.2 Å². The maximum atomic E-state index is 13.2. The molecule has 0 saturated carbocycles. The van der Waals surface area contributed by atoms with Crippen LogP contribution >= 0.6 is 24.0 Å². The minimum Gasteiger partial charge on any atom is -0.356 e. The number of nitrogens with one attached hydrogen (secondary N) is 2. The minimum atomic E-state index is -0.197. The van der Waals surface area contributed by atoms with Gasteiger partial charge < -0.3 is 15.5 Å². The second-order valence-electron chi connectivity index (χ2n) is 6.29. The fourth-order valence-electron chi connectivity index (χ4n) is 2.55. The zero-order chi connectivity index (χ0) is 18.1. The van der Waals surface area contributed by atoms with Crippen LogP contribution in [0.3, 0.4) is 0 Å². The van der Waals surface area contributed by atoms with Crippen LogP contribution in [0.5, 0.6) is 0 Å². The Hall–Kier alpha value is -1.67. The molecule has 0 saturated heterocycles. The molecule has 26 heavy (non-hydrogen) atoms. The van der Waals surface area contributed by atoms with E-state index in [2.05, 4.69) is 58.9 Å². The molecule has 0 aromatic heterocycles. The predicted octanol–water partition coefficient (Wildman–Crippen LogP) is 3.41. The number of hydrogen-bond acceptors (Lipinski definition) is 2. The Labute approximate surface area is 172 Å². The zero-order valence-electron chi connectivity index (χ0n) is 15.6. The summed E-state index contributed by atoms with van der Waals surface area (Å²) in [5, 5.41) is 6.55. The quantitative estimate of drug-likeness (QED) is 0.370. The van der Waals surface area contributed by atoms with E-state index in [0.29, 0.717) is 13.1 Å². The number of aliphatic imine (C=N–C) groups is 1. The molecule has 4 nitrogen and oxygen atoms in total. The first-order chi connectivity index (χ1) is 12.1. The number of halogens is 2. The number of nitrogens with zero attached hydrogens (tertiary/aromatic N) is 2. The van der Waals surface area contributed by atoms with Crippen LogP contribution < -0.4 is 10.6 Å². The van der Waals surface area contributed by atoms with E-state index in [-0.39, 0.29) is 29.8 Å². The van der Waals surface area contributed by atoms with Crippen LogP contribution in [0, 0.1) is 5.82 Å². The van der Waals surface area contributed by atoms with E-state index in [0.717, 1.165) is 24.5 Å². The fraction of sp³-hybridized carbons (Fsp3) is 0.350. The van der Waals surface area contributed by atoms with Gasteiger partial charge in [0.2, 0.25) is 0 Å². The molecular weight excluding hydrogens is 442 g/mol. The molecule has 0 amide bonds. The molecule has 2 N–H and O–H groups in total. The van der Waals surface area contributed by atoms with E-state index in [4.69, 9.17) is 0 Å². The van der Waals surface area contributed by atoms with E-state index in [1.165, 1.54) is 17.2 Å². The SMILES string of the molecule is CN=C(NCCc1cccc(F)c1)NCc1ccc(CN(C)C)cc1.I. The van der Waals surface area contributed by atoms with Crippen LogP contribution in [-0.4, -0.2) is 38.5 Å². The predicted molar refractivity (Wildman–Crippen MR) is 118 cm³/mol. The Morgan fingerprint density at radius 3 is 2.31 bits per heavy atom. The molecule has 0 bridgehead atoms. The van der Waals surface area contributed by atoms with Crippen molar-refractivity contribution in [3.63, 3.8) is 0 Å². The van der Waals surface area contributed by atoms with Gasteiger partial charge in [0.25, 0.3) is 0 Å². The zero-order valence-corrected chi connectivity index (χ0v) is 18.0. The molecule has 0 unspecified atom stereocenters. The van der Waals surface area contributed by atoms with Crippen LogP contribution in [0.25, 0.3) is 0 Å². The highest BCUT2D eigenvalue weighted by Crippen LogP contribution is 2.06. The molecule has 0 aliphatic rings. The first kappa shape index (κ1) is 22.4. The molecule has 0 heterocycles. The Morgan fingerprint density at radius 2 is 1.69 bits per heavy atom. The van der Waals surface area contributed by atoms with Gasteiger partial charge in [-0.25, -0.2) is 4.39 Å². The highest BCUT2D eigenvalue weighted by molar-refractivity contribution is 14.0. The van der Waals surface area contributed by atoms with Crippen molar-refractivity contribution in [3.8, 4) is 0 Å². The molecule has 6 heteroatoms. The van der Waals surface area contributed by atoms with Gasteiger partial charge in [0.05, 0.1) is 0 Å². The first-order valence-corrected chi connectivity index (χ1v) is 8.48. The average Bonchev–Trinajstić information content (AvgIpc) is 2.59. The average molecular weight is 470 g/mol. The van der Waals surface area contributed by atoms with Crippen molar-refractivity contribution in [2.75, 3.05) is 27.7 Å². The molecule has 0 atom stereocenters. The topological polar surface area (TPSA) is 39.7 Å². The maximum absolute atomic E-state index is 13.2. The van der Waals surface area contributed by atoms with Gasteiger partial charge >= 0.3 is 0 Å². The second-order valence-corrected chi connectivity index (χ2v) is 6.29. The second kappa shape index (κ2) is 11.9. The van der Waals surface area contributed by atoms with E-state index in [1.807, 2.05) is 6.07 Å². The lowest BCUT2D eigenvalue weighted by Crippen LogP contribution is -2.37. The van der Waals surface area contributed by atoms with E-state index < -0.39 is 0 Å². The van der Waals surface area contributed by atoms with Crippen molar-refractivity contribution in [2.24, 2.45) is 4.99 Å². The Bertz CT molecular complexity index is 686. The highest BCUT2D eigenvalue weighted by Gasteiger charge is 2.01. The largest absolute Gasteiger partial charge is 0.356 e. The van der Waals surface area contributed by atoms with Crippen LogP contribution in [-0.2, 0) is 19.5 Å². The van der Waals surface area contributed by atoms with Crippen molar-refractivity contribution in [3.05, 3.63) is 71.0 Å². The van der Waals surface area contributed by atoms with Gasteiger partial charge in [-0.15, -0.1) is 24.0 Å². The smallest absolute Gasteiger partial charge is 0.191 e. The number of hydrogen-bond donors (Lipinski definition) is 2. The van der Waals surface area contributed by atoms with Gasteiger partial charge in [-0.05, 0) is 49.3 Å². The third-order valence-corrected chi connectivity index (χ3v) is 3.80. The molecule has 0 aliphatic heterocycles. The molecule has 2 rings (SSSR count). The number of benzene rings is 2. The summed E-state index contributed by atoms with van der Waals surface area (Å²) in [7, 11) is 5.88. The molecule has 142 valence electrons. The molecular formula is C20H28FIN4. The van der Waals surface area contributed by atoms with Gasteiger partial charge in [-0.3, -0.25) is 4.99 Å². The Kier molecular flexibility index (Phi) is 10.2. The van der Waals surface area contributed by atoms with Crippen LogP contribution in [0.1, 0.15) is 16.7 Å². The normalized spacial score (nSPS) is 11.2. The summed E-state index contributed by atoms with van der Waals surface area (Å²) in [5.74, 6) is 0.548. The fourth-order valence-corrected chi connectivity index (χ4v) is 2.55. The minimum absolute atomic E-state index is 0. The van der Waals surface area contributed by atoms with Gasteiger partial charge in [-0.2, -0.15) is 0 Å². The molecule has 2 aromatic rings. The lowest BCUT2D eigenvalue weighted by molar-refractivity contribution is 0.402. The van der Waals surface area contributed by atoms with E-state index in [9.17, 15) is 4.39 Å². The van der Waals surface area contributed by atoms with Crippen molar-refractivity contribution in [2.45, 2.75) is 19.5 Å². The lowest BCUT2D eigenvalue weighted by Gasteiger charge is -2.13. The standard InChI is InChI=1S/C20H27FN4.HI/c1-22-20(23-12-11-16-5-4-6-19(21)13-16)24-14-17-7-9-18(10-8-17)15-25(2)3;/h4-10,13H,11-12,14-15H2,1-3H3,(H2,22,23,24);1H. The summed E-state index contributed by atoms with van der Waals surface area (Å²) in [6.45, 7) is 2.35. The van der Waals surface area contributed by atoms with E-state index >= 15 is 0 Å². The summed E-state index contributed by atoms with van der Waals surface area (Å²) in [4.78, 5) is 6.37. The van der Waals surface area contributed by atoms with Gasteiger partial charge in [0, 0.05) is 26.7 Å². The van der Waals surface area contributed by atoms with Crippen LogP contribution in [0.2, 0.25) is 0 Å². The summed E-state index contributed by atoms with van der Waals surface area (Å²) < 4.78 is 13.2. The van der Waals surface area contributed by atoms with Crippen LogP contribution in [0.15, 0.2) is 53.5 Å². The van der Waals surface area contributed by atoms with Crippen molar-refractivity contribution >= 4 is 29.9 Å². The summed E-state index contributed by atoms with van der Waals surface area (Å²) in [6, 6.07) is 15.2. The van der Waals surface area contributed by atoms with Crippen LogP contribution in [0.4, 0.5) is 4.39 Å². The third kappa shape index (κ3) is 8.14. The van der Waals surface area contributed by atoms with Gasteiger partial charge in [0.1, 0.15) is 5.82 Å². The monoisotopic (exact) mass is 470 g/mol. The summed E-state index contributed by atoms with van der Waals surface area (Å²) in [6.07, 6.45) is 0.748. The summed E-state index contributed by atoms with van der Waals surface area (Å²) >= 11 is 0. The molecule has 0 spiro atoms. The number of guanidine groups is 1. The van der Waals surface area contributed by atoms with Gasteiger partial charge in [-0.1, -0.05) is 36.4 Å². The molecule has 0 radical (unpaired) electrons. The lowest BCUT2D eigenvalue weighted by atomic mass is 10.1. The van der Waals surface area contributed by atoms with Crippen molar-refractivity contribution in [1.82, 2.24) is 15.5 Å².